The lowest BCUT2D eigenvalue weighted by molar-refractivity contribution is 0.0502. The van der Waals surface area contributed by atoms with Crippen molar-refractivity contribution in [3.63, 3.8) is 0 Å². The molecule has 0 spiro atoms. The van der Waals surface area contributed by atoms with Gasteiger partial charge in [0, 0.05) is 26.2 Å². The van der Waals surface area contributed by atoms with Crippen molar-refractivity contribution >= 4 is 12.1 Å². The summed E-state index contributed by atoms with van der Waals surface area (Å²) in [5.41, 5.74) is 0.404. The normalized spacial score (nSPS) is 12.6. The quantitative estimate of drug-likeness (QED) is 0.381. The zero-order chi connectivity index (χ0) is 23.4. The first-order valence-electron chi connectivity index (χ1n) is 10.4. The van der Waals surface area contributed by atoms with Crippen LogP contribution in [0.1, 0.15) is 46.1 Å². The van der Waals surface area contributed by atoms with Crippen LogP contribution in [-0.2, 0) is 11.3 Å². The largest absolute Gasteiger partial charge is 0.493 e. The van der Waals surface area contributed by atoms with Gasteiger partial charge in [0.25, 0.3) is 0 Å². The molecule has 3 N–H and O–H groups in total. The summed E-state index contributed by atoms with van der Waals surface area (Å²) in [5, 5.41) is 9.43. The second-order valence-corrected chi connectivity index (χ2v) is 7.97. The molecule has 1 aromatic carbocycles. The number of amides is 1. The van der Waals surface area contributed by atoms with Crippen molar-refractivity contribution in [2.75, 3.05) is 34.9 Å². The van der Waals surface area contributed by atoms with Gasteiger partial charge < -0.3 is 34.9 Å². The third-order valence-electron chi connectivity index (χ3n) is 4.28. The molecule has 0 aromatic heterocycles. The first-order valence-corrected chi connectivity index (χ1v) is 10.4. The molecule has 0 saturated heterocycles. The number of ether oxygens (including phenoxy) is 4. The van der Waals surface area contributed by atoms with Gasteiger partial charge in [0.15, 0.2) is 17.5 Å². The van der Waals surface area contributed by atoms with Crippen LogP contribution in [0, 0.1) is 0 Å². The van der Waals surface area contributed by atoms with E-state index in [0.29, 0.717) is 36.3 Å². The van der Waals surface area contributed by atoms with Gasteiger partial charge in [-0.15, -0.1) is 0 Å². The molecular weight excluding hydrogens is 400 g/mol. The third-order valence-corrected chi connectivity index (χ3v) is 4.28. The molecule has 9 nitrogen and oxygen atoms in total. The van der Waals surface area contributed by atoms with E-state index >= 15 is 0 Å². The molecule has 1 aromatic rings. The van der Waals surface area contributed by atoms with E-state index in [-0.39, 0.29) is 6.04 Å². The zero-order valence-electron chi connectivity index (χ0n) is 20.0. The van der Waals surface area contributed by atoms with E-state index in [1.165, 1.54) is 0 Å². The maximum Gasteiger partial charge on any atom is 0.407 e. The molecule has 0 saturated carbocycles. The summed E-state index contributed by atoms with van der Waals surface area (Å²) < 4.78 is 21.5. The molecule has 176 valence electrons. The van der Waals surface area contributed by atoms with E-state index in [1.807, 2.05) is 32.9 Å². The van der Waals surface area contributed by atoms with Crippen molar-refractivity contribution in [2.45, 2.75) is 58.7 Å². The Balaban J connectivity index is 2.71. The molecule has 0 fully saturated rings. The van der Waals surface area contributed by atoms with Gasteiger partial charge in [-0.2, -0.15) is 0 Å². The Kier molecular flexibility index (Phi) is 10.8. The molecule has 0 aliphatic rings. The molecule has 1 amide bonds. The second kappa shape index (κ2) is 12.8. The maximum atomic E-state index is 12.1. The topological polar surface area (TPSA) is 102 Å². The van der Waals surface area contributed by atoms with Crippen molar-refractivity contribution in [1.82, 2.24) is 16.0 Å². The monoisotopic (exact) mass is 438 g/mol. The maximum absolute atomic E-state index is 12.1. The van der Waals surface area contributed by atoms with Crippen LogP contribution in [0.25, 0.3) is 0 Å². The molecule has 0 bridgehead atoms. The standard InChI is InChI=1S/C22H38N4O5/c1-9-10-16(26-21(27)31-22(2,3)4)14-25-20(23-5)24-13-15-11-17(28-6)19(30-8)18(12-15)29-7/h11-12,16H,9-10,13-14H2,1-8H3,(H,26,27)(H2,23,24,25). The number of aliphatic imine (C=N–C) groups is 1. The van der Waals surface area contributed by atoms with Crippen LogP contribution in [0.4, 0.5) is 4.79 Å². The molecule has 31 heavy (non-hydrogen) atoms. The number of benzene rings is 1. The third kappa shape index (κ3) is 9.23. The van der Waals surface area contributed by atoms with Gasteiger partial charge in [-0.3, -0.25) is 4.99 Å². The summed E-state index contributed by atoms with van der Waals surface area (Å²) >= 11 is 0. The minimum Gasteiger partial charge on any atom is -0.493 e. The van der Waals surface area contributed by atoms with E-state index in [0.717, 1.165) is 18.4 Å². The van der Waals surface area contributed by atoms with Gasteiger partial charge in [0.1, 0.15) is 5.60 Å². The van der Waals surface area contributed by atoms with E-state index in [9.17, 15) is 4.79 Å². The summed E-state index contributed by atoms with van der Waals surface area (Å²) in [6.07, 6.45) is 1.32. The number of nitrogens with one attached hydrogen (secondary N) is 3. The number of methoxy groups -OCH3 is 3. The van der Waals surface area contributed by atoms with Crippen LogP contribution < -0.4 is 30.2 Å². The molecule has 1 atom stereocenters. The van der Waals surface area contributed by atoms with Gasteiger partial charge in [-0.25, -0.2) is 4.79 Å². The Morgan fingerprint density at radius 2 is 1.68 bits per heavy atom. The average Bonchev–Trinajstić information content (AvgIpc) is 2.71. The molecule has 1 unspecified atom stereocenters. The lowest BCUT2D eigenvalue weighted by Crippen LogP contribution is -2.48. The number of carbonyl (C=O) groups excluding carboxylic acids is 1. The molecular formula is C22H38N4O5. The molecule has 9 heteroatoms. The van der Waals surface area contributed by atoms with Crippen molar-refractivity contribution in [3.05, 3.63) is 17.7 Å². The summed E-state index contributed by atoms with van der Waals surface area (Å²) in [4.78, 5) is 16.4. The summed E-state index contributed by atoms with van der Waals surface area (Å²) in [5.74, 6) is 2.34. The van der Waals surface area contributed by atoms with Crippen LogP contribution in [0.5, 0.6) is 17.2 Å². The number of carbonyl (C=O) groups is 1. The van der Waals surface area contributed by atoms with Gasteiger partial charge in [-0.05, 0) is 44.9 Å². The highest BCUT2D eigenvalue weighted by atomic mass is 16.6. The number of guanidine groups is 1. The van der Waals surface area contributed by atoms with Gasteiger partial charge in [0.2, 0.25) is 5.75 Å². The fraction of sp³-hybridized carbons (Fsp3) is 0.636. The minimum absolute atomic E-state index is 0.0837. The van der Waals surface area contributed by atoms with Crippen molar-refractivity contribution in [3.8, 4) is 17.2 Å². The van der Waals surface area contributed by atoms with Crippen LogP contribution in [0.3, 0.4) is 0 Å². The predicted molar refractivity (Wildman–Crippen MR) is 122 cm³/mol. The Morgan fingerprint density at radius 3 is 2.13 bits per heavy atom. The lowest BCUT2D eigenvalue weighted by atomic mass is 10.1. The highest BCUT2D eigenvalue weighted by Crippen LogP contribution is 2.38. The van der Waals surface area contributed by atoms with Crippen molar-refractivity contribution < 1.29 is 23.7 Å². The zero-order valence-corrected chi connectivity index (χ0v) is 20.0. The molecule has 0 heterocycles. The van der Waals surface area contributed by atoms with Gasteiger partial charge in [0.05, 0.1) is 21.3 Å². The fourth-order valence-electron chi connectivity index (χ4n) is 2.91. The second-order valence-electron chi connectivity index (χ2n) is 7.97. The Labute approximate surface area is 185 Å². The number of nitrogens with zero attached hydrogens (tertiary/aromatic N) is 1. The Morgan fingerprint density at radius 1 is 1.06 bits per heavy atom. The summed E-state index contributed by atoms with van der Waals surface area (Å²) in [6.45, 7) is 8.61. The SMILES string of the molecule is CCCC(CNC(=NC)NCc1cc(OC)c(OC)c(OC)c1)NC(=O)OC(C)(C)C. The van der Waals surface area contributed by atoms with Crippen molar-refractivity contribution in [1.29, 1.82) is 0 Å². The highest BCUT2D eigenvalue weighted by molar-refractivity contribution is 5.79. The first kappa shape index (κ1) is 26.2. The molecule has 0 aliphatic heterocycles. The van der Waals surface area contributed by atoms with Crippen LogP contribution in [0.2, 0.25) is 0 Å². The van der Waals surface area contributed by atoms with Crippen LogP contribution in [-0.4, -0.2) is 58.6 Å². The van der Waals surface area contributed by atoms with Crippen molar-refractivity contribution in [2.24, 2.45) is 4.99 Å². The Bertz CT molecular complexity index is 706. The van der Waals surface area contributed by atoms with E-state index < -0.39 is 11.7 Å². The number of hydrogen-bond donors (Lipinski definition) is 3. The number of rotatable bonds is 10. The Hall–Kier alpha value is -2.84. The molecule has 1 rings (SSSR count). The van der Waals surface area contributed by atoms with E-state index in [4.69, 9.17) is 18.9 Å². The molecule has 0 radical (unpaired) electrons. The first-order chi connectivity index (χ1) is 14.7. The van der Waals surface area contributed by atoms with E-state index in [1.54, 1.807) is 28.4 Å². The number of hydrogen-bond acceptors (Lipinski definition) is 6. The van der Waals surface area contributed by atoms with Crippen LogP contribution >= 0.6 is 0 Å². The van der Waals surface area contributed by atoms with Gasteiger partial charge >= 0.3 is 6.09 Å². The van der Waals surface area contributed by atoms with Crippen LogP contribution in [0.15, 0.2) is 17.1 Å². The summed E-state index contributed by atoms with van der Waals surface area (Å²) in [6, 6.07) is 3.68. The lowest BCUT2D eigenvalue weighted by Gasteiger charge is -2.24. The average molecular weight is 439 g/mol. The highest BCUT2D eigenvalue weighted by Gasteiger charge is 2.19. The van der Waals surface area contributed by atoms with E-state index in [2.05, 4.69) is 27.9 Å². The minimum atomic E-state index is -0.535. The summed E-state index contributed by atoms with van der Waals surface area (Å²) in [7, 11) is 6.43. The fourth-order valence-corrected chi connectivity index (χ4v) is 2.91. The smallest absolute Gasteiger partial charge is 0.407 e. The van der Waals surface area contributed by atoms with Gasteiger partial charge in [-0.1, -0.05) is 13.3 Å². The predicted octanol–water partition coefficient (Wildman–Crippen LogP) is 3.07. The number of alkyl carbamates (subject to hydrolysis) is 1. The molecule has 0 aliphatic carbocycles.